The minimum atomic E-state index is -1.98. The average Bonchev–Trinajstić information content (AvgIpc) is 0.817. The lowest BCUT2D eigenvalue weighted by atomic mass is 9.96. The third-order valence-electron chi connectivity index (χ3n) is 18.7. The van der Waals surface area contributed by atoms with Crippen molar-refractivity contribution >= 4 is 5.91 Å². The van der Waals surface area contributed by atoms with Crippen molar-refractivity contribution in [3.63, 3.8) is 0 Å². The molecule has 0 radical (unpaired) electrons. The molecule has 0 saturated carbocycles. The molecule has 17 atom stereocenters. The van der Waals surface area contributed by atoms with E-state index in [1.807, 2.05) is 6.08 Å². The molecule has 0 bridgehead atoms. The van der Waals surface area contributed by atoms with Gasteiger partial charge in [0.1, 0.15) is 73.2 Å². The molecule has 540 valence electrons. The van der Waals surface area contributed by atoms with Gasteiger partial charge in [-0.3, -0.25) is 4.79 Å². The van der Waals surface area contributed by atoms with Crippen molar-refractivity contribution < 1.29 is 89.4 Å². The van der Waals surface area contributed by atoms with E-state index >= 15 is 0 Å². The van der Waals surface area contributed by atoms with Crippen molar-refractivity contribution in [2.45, 2.75) is 394 Å². The van der Waals surface area contributed by atoms with Crippen LogP contribution in [0.25, 0.3) is 0 Å². The number of carbonyl (C=O) groups excluding carboxylic acids is 1. The van der Waals surface area contributed by atoms with Crippen LogP contribution < -0.4 is 5.32 Å². The van der Waals surface area contributed by atoms with Crippen LogP contribution in [0.5, 0.6) is 0 Å². The fraction of sp³-hybridized carbons (Fsp3) is 0.904. The number of amides is 1. The Morgan fingerprint density at radius 3 is 1.09 bits per heavy atom. The van der Waals surface area contributed by atoms with Crippen LogP contribution >= 0.6 is 0 Å². The molecule has 3 aliphatic rings. The second-order valence-corrected chi connectivity index (χ2v) is 26.7. The quantitative estimate of drug-likeness (QED) is 0.0199. The standard InChI is InChI=1S/C73H135NO18/c1-3-5-7-9-11-13-15-17-19-20-21-22-23-24-25-26-27-28-29-30-31-32-33-34-35-37-38-40-42-44-46-48-50-57(78)56(74-61(79)51-49-47-45-43-41-39-36-18-16-14-12-10-8-6-4-2)55-87-71-67(85)64(82)69(59(53-76)89-71)92-73-68(86)65(83)70(60(54-77)90-73)91-72-66(84)63(81)62(80)58(52-75)88-72/h34-35,40,42,48,50,56-60,62-73,75-78,80-86H,3-33,36-39,41,43-47,49,51-55H2,1-2H3,(H,74,79)/b35-34+,42-40+,50-48+. The molecule has 0 spiro atoms. The molecule has 17 unspecified atom stereocenters. The van der Waals surface area contributed by atoms with Crippen molar-refractivity contribution in [3.05, 3.63) is 36.5 Å². The van der Waals surface area contributed by atoms with Gasteiger partial charge < -0.3 is 89.9 Å². The van der Waals surface area contributed by atoms with Crippen LogP contribution in [-0.4, -0.2) is 193 Å². The van der Waals surface area contributed by atoms with Crippen LogP contribution in [0.2, 0.25) is 0 Å². The monoisotopic (exact) mass is 1310 g/mol. The SMILES string of the molecule is CCCCCCCCCCCCCCCCCCCCCCCC/C=C/CC/C=C/CC/C=C/C(O)C(COC1OC(CO)C(OC2OC(CO)C(OC3OC(CO)C(O)C(O)C3O)C(O)C2O)C(O)C1O)NC(=O)CCCCCCCCCCCCCCCCC. The van der Waals surface area contributed by atoms with E-state index in [-0.39, 0.29) is 18.9 Å². The number of hydrogen-bond acceptors (Lipinski definition) is 18. The summed E-state index contributed by atoms with van der Waals surface area (Å²) in [5, 5.41) is 121. The van der Waals surface area contributed by atoms with Gasteiger partial charge in [-0.15, -0.1) is 0 Å². The zero-order valence-corrected chi connectivity index (χ0v) is 57.3. The van der Waals surface area contributed by atoms with Crippen molar-refractivity contribution in [2.75, 3.05) is 26.4 Å². The zero-order chi connectivity index (χ0) is 66.8. The van der Waals surface area contributed by atoms with Gasteiger partial charge in [0.05, 0.1) is 38.6 Å². The lowest BCUT2D eigenvalue weighted by Crippen LogP contribution is -2.66. The number of carbonyl (C=O) groups is 1. The highest BCUT2D eigenvalue weighted by atomic mass is 16.8. The Morgan fingerprint density at radius 2 is 0.696 bits per heavy atom. The Labute approximate surface area is 555 Å². The van der Waals surface area contributed by atoms with Crippen LogP contribution in [0.1, 0.15) is 290 Å². The van der Waals surface area contributed by atoms with Crippen LogP contribution in [-0.2, 0) is 33.2 Å². The summed E-state index contributed by atoms with van der Waals surface area (Å²) in [5.74, 6) is -0.286. The van der Waals surface area contributed by atoms with E-state index < -0.39 is 124 Å². The number of aliphatic hydroxyl groups is 11. The van der Waals surface area contributed by atoms with Crippen LogP contribution in [0.3, 0.4) is 0 Å². The molecule has 3 rings (SSSR count). The third kappa shape index (κ3) is 36.0. The first-order valence-electron chi connectivity index (χ1n) is 37.2. The molecule has 1 amide bonds. The number of ether oxygens (including phenoxy) is 6. The van der Waals surface area contributed by atoms with E-state index in [0.29, 0.717) is 12.8 Å². The number of aliphatic hydroxyl groups excluding tert-OH is 11. The highest BCUT2D eigenvalue weighted by molar-refractivity contribution is 5.76. The van der Waals surface area contributed by atoms with Gasteiger partial charge in [-0.2, -0.15) is 0 Å². The fourth-order valence-electron chi connectivity index (χ4n) is 12.6. The number of rotatable bonds is 58. The van der Waals surface area contributed by atoms with Crippen molar-refractivity contribution in [1.29, 1.82) is 0 Å². The fourth-order valence-corrected chi connectivity index (χ4v) is 12.6. The van der Waals surface area contributed by atoms with Crippen LogP contribution in [0, 0.1) is 0 Å². The molecule has 12 N–H and O–H groups in total. The molecule has 3 saturated heterocycles. The Morgan fingerprint density at radius 1 is 0.380 bits per heavy atom. The maximum Gasteiger partial charge on any atom is 0.220 e. The highest BCUT2D eigenvalue weighted by Gasteiger charge is 2.53. The van der Waals surface area contributed by atoms with Crippen molar-refractivity contribution in [3.8, 4) is 0 Å². The van der Waals surface area contributed by atoms with Gasteiger partial charge in [0.15, 0.2) is 18.9 Å². The van der Waals surface area contributed by atoms with Gasteiger partial charge in [0, 0.05) is 6.42 Å². The Hall–Kier alpha value is -1.99. The predicted molar refractivity (Wildman–Crippen MR) is 360 cm³/mol. The summed E-state index contributed by atoms with van der Waals surface area (Å²) < 4.78 is 34.3. The van der Waals surface area contributed by atoms with Gasteiger partial charge in [-0.05, 0) is 44.9 Å². The van der Waals surface area contributed by atoms with E-state index in [9.17, 15) is 61.0 Å². The average molecular weight is 1310 g/mol. The maximum atomic E-state index is 13.4. The smallest absolute Gasteiger partial charge is 0.220 e. The lowest BCUT2D eigenvalue weighted by Gasteiger charge is -2.48. The topological polar surface area (TPSA) is 307 Å². The molecule has 0 aliphatic carbocycles. The Kier molecular flexibility index (Phi) is 50.3. The zero-order valence-electron chi connectivity index (χ0n) is 57.3. The summed E-state index contributed by atoms with van der Waals surface area (Å²) in [7, 11) is 0. The van der Waals surface area contributed by atoms with E-state index in [1.54, 1.807) is 6.08 Å². The van der Waals surface area contributed by atoms with E-state index in [1.165, 1.54) is 212 Å². The summed E-state index contributed by atoms with van der Waals surface area (Å²) in [6.07, 6.45) is 38.6. The lowest BCUT2D eigenvalue weighted by molar-refractivity contribution is -0.379. The summed E-state index contributed by atoms with van der Waals surface area (Å²) in [4.78, 5) is 13.4. The summed E-state index contributed by atoms with van der Waals surface area (Å²) in [6.45, 7) is 1.74. The van der Waals surface area contributed by atoms with Gasteiger partial charge >= 0.3 is 0 Å². The van der Waals surface area contributed by atoms with Crippen LogP contribution in [0.4, 0.5) is 0 Å². The molecule has 0 aromatic rings. The van der Waals surface area contributed by atoms with E-state index in [0.717, 1.165) is 44.9 Å². The maximum absolute atomic E-state index is 13.4. The van der Waals surface area contributed by atoms with Gasteiger partial charge in [-0.1, -0.05) is 275 Å². The van der Waals surface area contributed by atoms with Crippen LogP contribution in [0.15, 0.2) is 36.5 Å². The molecule has 3 heterocycles. The second kappa shape index (κ2) is 55.0. The summed E-state index contributed by atoms with van der Waals surface area (Å²) in [6, 6.07) is -0.994. The Bertz CT molecular complexity index is 1810. The summed E-state index contributed by atoms with van der Waals surface area (Å²) >= 11 is 0. The highest BCUT2D eigenvalue weighted by Crippen LogP contribution is 2.33. The minimum absolute atomic E-state index is 0.235. The minimum Gasteiger partial charge on any atom is -0.394 e. The van der Waals surface area contributed by atoms with Crippen molar-refractivity contribution in [2.24, 2.45) is 0 Å². The molecule has 3 fully saturated rings. The number of allylic oxidation sites excluding steroid dienone is 5. The second-order valence-electron chi connectivity index (χ2n) is 26.7. The molecular weight excluding hydrogens is 1180 g/mol. The Balaban J connectivity index is 1.40. The molecule has 0 aromatic heterocycles. The normalized spacial score (nSPS) is 27.9. The number of nitrogens with one attached hydrogen (secondary N) is 1. The molecule has 19 heteroatoms. The first kappa shape index (κ1) is 84.2. The van der Waals surface area contributed by atoms with E-state index in [4.69, 9.17) is 28.4 Å². The number of unbranched alkanes of at least 4 members (excludes halogenated alkanes) is 38. The van der Waals surface area contributed by atoms with Gasteiger partial charge in [-0.25, -0.2) is 0 Å². The molecule has 3 aliphatic heterocycles. The van der Waals surface area contributed by atoms with Gasteiger partial charge in [0.2, 0.25) is 5.91 Å². The molecule has 92 heavy (non-hydrogen) atoms. The first-order chi connectivity index (χ1) is 44.8. The molecule has 19 nitrogen and oxygen atoms in total. The molecule has 0 aromatic carbocycles. The predicted octanol–water partition coefficient (Wildman–Crippen LogP) is 10.8. The van der Waals surface area contributed by atoms with Crippen molar-refractivity contribution in [1.82, 2.24) is 5.32 Å². The third-order valence-corrected chi connectivity index (χ3v) is 18.7. The van der Waals surface area contributed by atoms with Gasteiger partial charge in [0.25, 0.3) is 0 Å². The van der Waals surface area contributed by atoms with E-state index in [2.05, 4.69) is 43.5 Å². The largest absolute Gasteiger partial charge is 0.394 e. The summed E-state index contributed by atoms with van der Waals surface area (Å²) in [5.41, 5.74) is 0. The first-order valence-corrected chi connectivity index (χ1v) is 37.2. The number of hydrogen-bond donors (Lipinski definition) is 12. The molecular formula is C73H135NO18.